The number of benzene rings is 1. The van der Waals surface area contributed by atoms with Gasteiger partial charge in [0.1, 0.15) is 11.6 Å². The van der Waals surface area contributed by atoms with Crippen molar-refractivity contribution in [2.45, 2.75) is 25.7 Å². The van der Waals surface area contributed by atoms with Gasteiger partial charge in [0.15, 0.2) is 0 Å². The fraction of sp³-hybridized carbons (Fsp3) is 0.533. The maximum atomic E-state index is 13.4. The summed E-state index contributed by atoms with van der Waals surface area (Å²) in [5.74, 6) is 0.177. The summed E-state index contributed by atoms with van der Waals surface area (Å²) in [5.41, 5.74) is 1.03. The van der Waals surface area contributed by atoms with Crippen LogP contribution in [0.15, 0.2) is 22.7 Å². The maximum absolute atomic E-state index is 13.4. The highest BCUT2D eigenvalue weighted by Gasteiger charge is 2.56. The molecule has 2 aliphatic rings. The molecule has 1 spiro atoms. The van der Waals surface area contributed by atoms with Crippen molar-refractivity contribution in [3.8, 4) is 0 Å². The van der Waals surface area contributed by atoms with E-state index >= 15 is 0 Å². The molecule has 1 N–H and O–H groups in total. The minimum atomic E-state index is -0.294. The van der Waals surface area contributed by atoms with Crippen molar-refractivity contribution in [1.29, 1.82) is 0 Å². The van der Waals surface area contributed by atoms with Gasteiger partial charge in [0.2, 0.25) is 0 Å². The van der Waals surface area contributed by atoms with E-state index in [0.29, 0.717) is 10.9 Å². The fourth-order valence-corrected chi connectivity index (χ4v) is 3.68. The molecule has 1 aromatic carbocycles. The highest BCUT2D eigenvalue weighted by atomic mass is 79.9. The molecule has 2 nitrogen and oxygen atoms in total. The first-order valence-electron chi connectivity index (χ1n) is 6.79. The van der Waals surface area contributed by atoms with Crippen molar-refractivity contribution < 1.29 is 9.18 Å². The van der Waals surface area contributed by atoms with Crippen molar-refractivity contribution in [3.05, 3.63) is 34.1 Å². The zero-order valence-corrected chi connectivity index (χ0v) is 12.3. The highest BCUT2D eigenvalue weighted by molar-refractivity contribution is 9.10. The third-order valence-electron chi connectivity index (χ3n) is 4.57. The molecule has 1 saturated carbocycles. The van der Waals surface area contributed by atoms with Crippen LogP contribution in [0.4, 0.5) is 4.39 Å². The predicted molar refractivity (Wildman–Crippen MR) is 75.5 cm³/mol. The Labute approximate surface area is 120 Å². The molecule has 0 amide bonds. The van der Waals surface area contributed by atoms with Crippen LogP contribution in [0.25, 0.3) is 0 Å². The van der Waals surface area contributed by atoms with E-state index in [9.17, 15) is 9.18 Å². The Morgan fingerprint density at radius 2 is 2.16 bits per heavy atom. The summed E-state index contributed by atoms with van der Waals surface area (Å²) in [6.07, 6.45) is 3.58. The molecule has 1 atom stereocenters. The van der Waals surface area contributed by atoms with Gasteiger partial charge in [0.05, 0.1) is 4.47 Å². The number of piperidine rings is 1. The first-order chi connectivity index (χ1) is 9.12. The number of carbonyl (C=O) groups excluding carboxylic acids is 1. The number of nitrogens with one attached hydrogen (secondary N) is 1. The van der Waals surface area contributed by atoms with Crippen molar-refractivity contribution >= 4 is 21.7 Å². The summed E-state index contributed by atoms with van der Waals surface area (Å²) < 4.78 is 13.9. The highest BCUT2D eigenvalue weighted by Crippen LogP contribution is 2.59. The average Bonchev–Trinajstić information content (AvgIpc) is 3.09. The second kappa shape index (κ2) is 4.98. The summed E-state index contributed by atoms with van der Waals surface area (Å²) >= 11 is 3.23. The second-order valence-electron chi connectivity index (χ2n) is 5.73. The lowest BCUT2D eigenvalue weighted by Crippen LogP contribution is -2.31. The lowest BCUT2D eigenvalue weighted by atomic mass is 9.89. The van der Waals surface area contributed by atoms with Crippen molar-refractivity contribution in [3.63, 3.8) is 0 Å². The Morgan fingerprint density at radius 1 is 1.42 bits per heavy atom. The quantitative estimate of drug-likeness (QED) is 0.925. The van der Waals surface area contributed by atoms with E-state index in [1.807, 2.05) is 6.07 Å². The normalized spacial score (nSPS) is 24.4. The lowest BCUT2D eigenvalue weighted by Gasteiger charge is -2.23. The summed E-state index contributed by atoms with van der Waals surface area (Å²) in [6.45, 7) is 2.04. The van der Waals surface area contributed by atoms with E-state index in [1.54, 1.807) is 6.07 Å². The van der Waals surface area contributed by atoms with Gasteiger partial charge in [-0.25, -0.2) is 4.39 Å². The fourth-order valence-electron chi connectivity index (χ4n) is 3.28. The summed E-state index contributed by atoms with van der Waals surface area (Å²) in [7, 11) is 0. The molecule has 1 heterocycles. The Morgan fingerprint density at radius 3 is 2.89 bits per heavy atom. The number of carbonyl (C=O) groups is 1. The lowest BCUT2D eigenvalue weighted by molar-refractivity contribution is -0.120. The molecule has 1 aliphatic heterocycles. The molecule has 2 fully saturated rings. The van der Waals surface area contributed by atoms with Gasteiger partial charge >= 0.3 is 0 Å². The number of halogens is 2. The van der Waals surface area contributed by atoms with Crippen LogP contribution in [-0.2, 0) is 11.2 Å². The molecule has 19 heavy (non-hydrogen) atoms. The minimum absolute atomic E-state index is 0.199. The van der Waals surface area contributed by atoms with Crippen LogP contribution in [0.1, 0.15) is 24.8 Å². The zero-order valence-electron chi connectivity index (χ0n) is 10.7. The van der Waals surface area contributed by atoms with Crippen LogP contribution >= 0.6 is 15.9 Å². The van der Waals surface area contributed by atoms with Crippen molar-refractivity contribution in [2.75, 3.05) is 13.1 Å². The van der Waals surface area contributed by atoms with Crippen molar-refractivity contribution in [2.24, 2.45) is 11.3 Å². The topological polar surface area (TPSA) is 29.1 Å². The smallest absolute Gasteiger partial charge is 0.140 e. The van der Waals surface area contributed by atoms with E-state index in [0.717, 1.165) is 37.9 Å². The molecule has 0 radical (unpaired) electrons. The van der Waals surface area contributed by atoms with E-state index in [2.05, 4.69) is 21.2 Å². The third-order valence-corrected chi connectivity index (χ3v) is 5.46. The molecular formula is C15H17BrFNO. The maximum Gasteiger partial charge on any atom is 0.140 e. The molecule has 102 valence electrons. The Bertz CT molecular complexity index is 511. The average molecular weight is 326 g/mol. The molecule has 4 heteroatoms. The molecule has 0 bridgehead atoms. The second-order valence-corrected chi connectivity index (χ2v) is 6.52. The van der Waals surface area contributed by atoms with Gasteiger partial charge in [-0.2, -0.15) is 0 Å². The first kappa shape index (κ1) is 13.3. The summed E-state index contributed by atoms with van der Waals surface area (Å²) in [5, 5.41) is 3.34. The van der Waals surface area contributed by atoms with Gasteiger partial charge in [-0.15, -0.1) is 0 Å². The standard InChI is InChI=1S/C15H17BrFNO/c16-14-10(2-1-3-12(14)17)8-13(19)11-9-15(11)4-6-18-7-5-15/h1-3,11,18H,4-9H2. The molecule has 1 saturated heterocycles. The summed E-state index contributed by atoms with van der Waals surface area (Å²) in [4.78, 5) is 12.3. The SMILES string of the molecule is O=C(Cc1cccc(F)c1Br)C1CC12CCNCC2. The molecule has 1 aromatic rings. The van der Waals surface area contributed by atoms with Crippen LogP contribution in [-0.4, -0.2) is 18.9 Å². The van der Waals surface area contributed by atoms with Crippen LogP contribution in [0.5, 0.6) is 0 Å². The predicted octanol–water partition coefficient (Wildman–Crippen LogP) is 3.09. The number of ketones is 1. The first-order valence-corrected chi connectivity index (χ1v) is 7.58. The van der Waals surface area contributed by atoms with E-state index in [1.165, 1.54) is 6.07 Å². The van der Waals surface area contributed by atoms with Crippen LogP contribution in [0.2, 0.25) is 0 Å². The number of Topliss-reactive ketones (excluding diaryl/α,β-unsaturated/α-hetero) is 1. The Hall–Kier alpha value is -0.740. The number of hydrogen-bond donors (Lipinski definition) is 1. The van der Waals surface area contributed by atoms with E-state index in [4.69, 9.17) is 0 Å². The number of hydrogen-bond acceptors (Lipinski definition) is 2. The molecule has 3 rings (SSSR count). The Balaban J connectivity index is 1.68. The van der Waals surface area contributed by atoms with Crippen LogP contribution in [0.3, 0.4) is 0 Å². The van der Waals surface area contributed by atoms with Gasteiger partial charge in [-0.1, -0.05) is 12.1 Å². The molecule has 1 unspecified atom stereocenters. The van der Waals surface area contributed by atoms with Crippen molar-refractivity contribution in [1.82, 2.24) is 5.32 Å². The van der Waals surface area contributed by atoms with Crippen LogP contribution in [0, 0.1) is 17.2 Å². The van der Waals surface area contributed by atoms with Gasteiger partial charge in [0.25, 0.3) is 0 Å². The van der Waals surface area contributed by atoms with Gasteiger partial charge in [-0.05, 0) is 65.3 Å². The Kier molecular flexibility index (Phi) is 3.48. The molecule has 1 aliphatic carbocycles. The number of rotatable bonds is 3. The largest absolute Gasteiger partial charge is 0.317 e. The van der Waals surface area contributed by atoms with E-state index < -0.39 is 0 Å². The molecular weight excluding hydrogens is 309 g/mol. The minimum Gasteiger partial charge on any atom is -0.317 e. The monoisotopic (exact) mass is 325 g/mol. The van der Waals surface area contributed by atoms with E-state index in [-0.39, 0.29) is 22.9 Å². The van der Waals surface area contributed by atoms with Crippen LogP contribution < -0.4 is 5.32 Å². The third kappa shape index (κ3) is 2.48. The summed E-state index contributed by atoms with van der Waals surface area (Å²) in [6, 6.07) is 4.89. The zero-order chi connectivity index (χ0) is 13.5. The van der Waals surface area contributed by atoms with Gasteiger partial charge in [0, 0.05) is 12.3 Å². The van der Waals surface area contributed by atoms with Gasteiger partial charge < -0.3 is 5.32 Å². The van der Waals surface area contributed by atoms with Gasteiger partial charge in [-0.3, -0.25) is 4.79 Å². The molecule has 0 aromatic heterocycles.